The van der Waals surface area contributed by atoms with Gasteiger partial charge in [0.25, 0.3) is 5.56 Å². The van der Waals surface area contributed by atoms with Crippen molar-refractivity contribution >= 4 is 52.6 Å². The molecule has 0 amide bonds. The van der Waals surface area contributed by atoms with Gasteiger partial charge < -0.3 is 50.4 Å². The lowest BCUT2D eigenvalue weighted by atomic mass is 10.1. The number of aliphatic hydroxyl groups excluding tert-OH is 3. The maximum atomic E-state index is 12.2. The van der Waals surface area contributed by atoms with Crippen LogP contribution in [-0.2, 0) is 35.1 Å². The minimum Gasteiger partial charge on any atom is -0.387 e. The average Bonchev–Trinajstić information content (AvgIpc) is 3.62. The van der Waals surface area contributed by atoms with Crippen LogP contribution in [0.1, 0.15) is 12.5 Å². The van der Waals surface area contributed by atoms with Gasteiger partial charge in [0.2, 0.25) is 5.95 Å². The van der Waals surface area contributed by atoms with Crippen LogP contribution in [0, 0.1) is 0 Å². The second-order valence-corrected chi connectivity index (χ2v) is 11.8. The lowest BCUT2D eigenvalue weighted by Crippen LogP contribution is -2.42. The third-order valence-corrected chi connectivity index (χ3v) is 8.00. The van der Waals surface area contributed by atoms with Crippen molar-refractivity contribution < 1.29 is 43.5 Å². The van der Waals surface area contributed by atoms with E-state index < -0.39 is 68.8 Å². The molecule has 20 nitrogen and oxygen atoms in total. The third-order valence-electron chi connectivity index (χ3n) is 6.44. The Kier molecular flexibility index (Phi) is 7.20. The zero-order chi connectivity index (χ0) is 29.1. The number of aromatic nitrogens is 8. The van der Waals surface area contributed by atoms with E-state index in [1.165, 1.54) is 17.2 Å². The van der Waals surface area contributed by atoms with Crippen LogP contribution < -0.4 is 17.0 Å². The number of aromatic amines is 1. The number of nitrogens with two attached hydrogens (primary N) is 2. The number of hydrogen-bond donors (Lipinski definition) is 7. The van der Waals surface area contributed by atoms with E-state index in [-0.39, 0.29) is 34.1 Å². The Balaban J connectivity index is 1.29. The van der Waals surface area contributed by atoms with Crippen LogP contribution in [0.25, 0.3) is 22.3 Å². The molecule has 41 heavy (non-hydrogen) atoms. The molecular weight excluding hydrogens is 591 g/mol. The van der Waals surface area contributed by atoms with Gasteiger partial charge >= 0.3 is 6.72 Å². The van der Waals surface area contributed by atoms with Crippen molar-refractivity contribution in [1.82, 2.24) is 39.0 Å². The topological polar surface area (TPSA) is 286 Å². The predicted octanol–water partition coefficient (Wildman–Crippen LogP) is -2.82. The molecule has 6 heterocycles. The van der Waals surface area contributed by atoms with E-state index in [0.717, 1.165) is 10.9 Å². The van der Waals surface area contributed by atoms with Crippen molar-refractivity contribution in [3.05, 3.63) is 29.3 Å². The molecule has 22 heteroatoms. The second-order valence-electron chi connectivity index (χ2n) is 8.97. The summed E-state index contributed by atoms with van der Waals surface area (Å²) in [5, 5.41) is 32.9. The van der Waals surface area contributed by atoms with Gasteiger partial charge in [-0.15, -0.1) is 0 Å². The summed E-state index contributed by atoms with van der Waals surface area (Å²) < 4.78 is 30.3. The van der Waals surface area contributed by atoms with E-state index >= 15 is 0 Å². The summed E-state index contributed by atoms with van der Waals surface area (Å²) in [7, 11) is 0. The van der Waals surface area contributed by atoms with Gasteiger partial charge in [0.15, 0.2) is 54.3 Å². The quantitative estimate of drug-likeness (QED) is 0.115. The molecule has 4 aromatic heterocycles. The molecule has 8 atom stereocenters. The molecule has 9 N–H and O–H groups in total. The summed E-state index contributed by atoms with van der Waals surface area (Å²) in [5.74, 6) is -0.141. The number of anilines is 2. The number of ether oxygens (including phenoxy) is 3. The summed E-state index contributed by atoms with van der Waals surface area (Å²) in [6.07, 6.45) is -6.64. The molecule has 0 saturated carbocycles. The van der Waals surface area contributed by atoms with Gasteiger partial charge in [0, 0.05) is 0 Å². The number of fused-ring (bicyclic) bond motifs is 4. The number of imidazole rings is 2. The summed E-state index contributed by atoms with van der Waals surface area (Å²) >= 11 is 5.09. The molecule has 0 aliphatic carbocycles. The molecular formula is C19H23N10O10PS. The van der Waals surface area contributed by atoms with Crippen LogP contribution >= 0.6 is 6.72 Å². The van der Waals surface area contributed by atoms with E-state index in [0.29, 0.717) is 0 Å². The molecule has 2 aliphatic rings. The van der Waals surface area contributed by atoms with Gasteiger partial charge in [-0.2, -0.15) is 4.98 Å². The Morgan fingerprint density at radius 1 is 1.12 bits per heavy atom. The number of hydrogen-bond acceptors (Lipinski definition) is 17. The maximum Gasteiger partial charge on any atom is 0.325 e. The molecule has 6 rings (SSSR count). The summed E-state index contributed by atoms with van der Waals surface area (Å²) in [5.41, 5.74) is 11.1. The zero-order valence-electron chi connectivity index (χ0n) is 20.6. The van der Waals surface area contributed by atoms with Gasteiger partial charge in [-0.05, 0) is 11.8 Å². The molecule has 8 unspecified atom stereocenters. The molecule has 220 valence electrons. The first-order chi connectivity index (χ1) is 19.5. The molecule has 0 spiro atoms. The fourth-order valence-corrected chi connectivity index (χ4v) is 5.90. The summed E-state index contributed by atoms with van der Waals surface area (Å²) in [4.78, 5) is 45.3. The lowest BCUT2D eigenvalue weighted by Gasteiger charge is -2.32. The Hall–Kier alpha value is -3.21. The molecule has 2 bridgehead atoms. The van der Waals surface area contributed by atoms with Crippen LogP contribution in [0.2, 0.25) is 0 Å². The van der Waals surface area contributed by atoms with Crippen molar-refractivity contribution in [2.24, 2.45) is 0 Å². The number of aliphatic hydroxyl groups is 3. The number of nitrogens with one attached hydrogen (secondary N) is 1. The smallest absolute Gasteiger partial charge is 0.325 e. The van der Waals surface area contributed by atoms with Crippen molar-refractivity contribution in [2.45, 2.75) is 43.2 Å². The molecule has 0 aromatic carbocycles. The highest BCUT2D eigenvalue weighted by atomic mass is 32.5. The van der Waals surface area contributed by atoms with Crippen LogP contribution in [0.3, 0.4) is 0 Å². The van der Waals surface area contributed by atoms with Crippen molar-refractivity contribution in [3.8, 4) is 0 Å². The van der Waals surface area contributed by atoms with Gasteiger partial charge in [-0.3, -0.25) is 23.4 Å². The van der Waals surface area contributed by atoms with E-state index in [4.69, 9.17) is 46.5 Å². The molecule has 2 aliphatic heterocycles. The Bertz CT molecular complexity index is 1700. The highest BCUT2D eigenvalue weighted by molar-refractivity contribution is 8.07. The standard InChI is InChI=1S/C19H23N10O10PS/c20-12-7-13(23-2-22-12)29(4-24-7)17-10-9(30)6(38-17)1-37-40(34,41)39-11(18(33)36-5-35-10)16(32)28-3-25-8-14(28)26-19(21)27-15(8)31/h2-4,6,9-11,16-18,30,32-33H,1,5H2,(H,34,41)(H2,20,22,23)(H3,21,26,27,31). The van der Waals surface area contributed by atoms with Crippen molar-refractivity contribution in [2.75, 3.05) is 24.9 Å². The highest BCUT2D eigenvalue weighted by Gasteiger charge is 2.48. The first-order valence-corrected chi connectivity index (χ1v) is 14.4. The number of nitrogen functional groups attached to an aromatic ring is 2. The maximum absolute atomic E-state index is 12.2. The minimum absolute atomic E-state index is 0.123. The van der Waals surface area contributed by atoms with E-state index in [1.54, 1.807) is 0 Å². The summed E-state index contributed by atoms with van der Waals surface area (Å²) in [6, 6.07) is 0. The first kappa shape index (κ1) is 27.9. The average molecular weight is 614 g/mol. The lowest BCUT2D eigenvalue weighted by molar-refractivity contribution is -0.245. The van der Waals surface area contributed by atoms with Crippen molar-refractivity contribution in [1.29, 1.82) is 0 Å². The van der Waals surface area contributed by atoms with Crippen LogP contribution in [-0.4, -0.2) is 103 Å². The zero-order valence-corrected chi connectivity index (χ0v) is 22.3. The van der Waals surface area contributed by atoms with Gasteiger partial charge in [0.05, 0.1) is 19.3 Å². The van der Waals surface area contributed by atoms with E-state index in [9.17, 15) is 25.0 Å². The fraction of sp³-hybridized carbons (Fsp3) is 0.474. The number of rotatable bonds is 3. The first-order valence-electron chi connectivity index (χ1n) is 11.8. The normalized spacial score (nSPS) is 32.1. The molecule has 2 saturated heterocycles. The van der Waals surface area contributed by atoms with Crippen LogP contribution in [0.5, 0.6) is 0 Å². The number of H-pyrrole nitrogens is 1. The Labute approximate surface area is 232 Å². The fourth-order valence-electron chi connectivity index (χ4n) is 4.50. The molecule has 2 fully saturated rings. The second kappa shape index (κ2) is 10.6. The highest BCUT2D eigenvalue weighted by Crippen LogP contribution is 2.48. The van der Waals surface area contributed by atoms with Gasteiger partial charge in [-0.25, -0.2) is 19.9 Å². The van der Waals surface area contributed by atoms with Crippen molar-refractivity contribution in [3.63, 3.8) is 0 Å². The van der Waals surface area contributed by atoms with Crippen LogP contribution in [0.4, 0.5) is 11.8 Å². The van der Waals surface area contributed by atoms with Crippen LogP contribution in [0.15, 0.2) is 23.8 Å². The molecule has 4 aromatic rings. The third kappa shape index (κ3) is 5.06. The summed E-state index contributed by atoms with van der Waals surface area (Å²) in [6.45, 7) is -5.38. The minimum atomic E-state index is -4.25. The Morgan fingerprint density at radius 2 is 1.90 bits per heavy atom. The number of nitrogens with zero attached hydrogens (tertiary/aromatic N) is 7. The Morgan fingerprint density at radius 3 is 2.71 bits per heavy atom. The van der Waals surface area contributed by atoms with E-state index in [1.807, 2.05) is 0 Å². The van der Waals surface area contributed by atoms with E-state index in [2.05, 4.69) is 29.9 Å². The van der Waals surface area contributed by atoms with Gasteiger partial charge in [0.1, 0.15) is 30.2 Å². The monoisotopic (exact) mass is 614 g/mol. The van der Waals surface area contributed by atoms with Gasteiger partial charge in [-0.1, -0.05) is 0 Å². The largest absolute Gasteiger partial charge is 0.387 e. The predicted molar refractivity (Wildman–Crippen MR) is 138 cm³/mol. The molecule has 0 radical (unpaired) electrons. The SMILES string of the molecule is Nc1nc2c(ncn2C(O)C2OP(O)(=S)OCC3OC(n4cnc5c(N)ncnc54)C(OCOC2O)C3O)c(=O)[nH]1.